The van der Waals surface area contributed by atoms with E-state index >= 15 is 0 Å². The van der Waals surface area contributed by atoms with Crippen LogP contribution in [0.25, 0.3) is 0 Å². The van der Waals surface area contributed by atoms with Crippen LogP contribution in [-0.4, -0.2) is 30.3 Å². The number of aryl methyl sites for hydroxylation is 2. The first-order valence-electron chi connectivity index (χ1n) is 10.0. The number of hydrogen-bond acceptors (Lipinski definition) is 5. The van der Waals surface area contributed by atoms with Gasteiger partial charge in [-0.2, -0.15) is 0 Å². The lowest BCUT2D eigenvalue weighted by molar-refractivity contribution is -0.132. The maximum Gasteiger partial charge on any atom is 0.354 e. The molecule has 5 nitrogen and oxygen atoms in total. The summed E-state index contributed by atoms with van der Waals surface area (Å²) in [5, 5.41) is 8.46. The molecule has 0 fully saturated rings. The lowest BCUT2D eigenvalue weighted by Crippen LogP contribution is -2.20. The standard InChI is InChI=1S/C26H23FN2O3/c1-17-4-8-20(9-5-17)25(21-10-6-18(2)7-11-21)29-28-23(26(31)32-3)16-24(30)19-12-14-22(27)15-13-19/h4-15H,16H2,1-3H3. The molecule has 0 amide bonds. The van der Waals surface area contributed by atoms with Crippen molar-refractivity contribution in [1.29, 1.82) is 0 Å². The number of nitrogens with zero attached hydrogens (tertiary/aromatic N) is 2. The predicted molar refractivity (Wildman–Crippen MR) is 123 cm³/mol. The molecule has 0 aliphatic heterocycles. The van der Waals surface area contributed by atoms with Crippen LogP contribution >= 0.6 is 0 Å². The highest BCUT2D eigenvalue weighted by Crippen LogP contribution is 2.15. The second kappa shape index (κ2) is 10.4. The van der Waals surface area contributed by atoms with E-state index in [1.54, 1.807) is 0 Å². The van der Waals surface area contributed by atoms with Crippen LogP contribution in [0.3, 0.4) is 0 Å². The van der Waals surface area contributed by atoms with E-state index in [2.05, 4.69) is 10.2 Å². The van der Waals surface area contributed by atoms with Crippen LogP contribution < -0.4 is 0 Å². The van der Waals surface area contributed by atoms with Gasteiger partial charge in [0.25, 0.3) is 0 Å². The molecule has 0 aromatic heterocycles. The molecule has 0 aliphatic rings. The van der Waals surface area contributed by atoms with Gasteiger partial charge in [0.1, 0.15) is 11.5 Å². The molecule has 0 heterocycles. The van der Waals surface area contributed by atoms with Crippen molar-refractivity contribution in [2.24, 2.45) is 10.2 Å². The summed E-state index contributed by atoms with van der Waals surface area (Å²) >= 11 is 0. The van der Waals surface area contributed by atoms with Crippen molar-refractivity contribution in [3.8, 4) is 0 Å². The Kier molecular flexibility index (Phi) is 7.39. The SMILES string of the molecule is COC(=O)C(CC(=O)c1ccc(F)cc1)=NN=C(c1ccc(C)cc1)c1ccc(C)cc1. The number of ether oxygens (including phenoxy) is 1. The molecule has 0 radical (unpaired) electrons. The molecule has 162 valence electrons. The van der Waals surface area contributed by atoms with Gasteiger partial charge in [0.15, 0.2) is 11.5 Å². The Bertz CT molecular complexity index is 1120. The number of Topliss-reactive ketones (excluding diaryl/α,β-unsaturated/α-hetero) is 1. The highest BCUT2D eigenvalue weighted by atomic mass is 19.1. The minimum atomic E-state index is -0.753. The van der Waals surface area contributed by atoms with Crippen LogP contribution in [0, 0.1) is 19.7 Å². The van der Waals surface area contributed by atoms with Crippen LogP contribution in [-0.2, 0) is 9.53 Å². The summed E-state index contributed by atoms with van der Waals surface area (Å²) in [5.74, 6) is -1.60. The maximum atomic E-state index is 13.2. The van der Waals surface area contributed by atoms with E-state index in [-0.39, 0.29) is 17.7 Å². The number of halogens is 1. The van der Waals surface area contributed by atoms with Gasteiger partial charge in [-0.05, 0) is 38.1 Å². The lowest BCUT2D eigenvalue weighted by atomic mass is 10.0. The van der Waals surface area contributed by atoms with E-state index in [1.807, 2.05) is 62.4 Å². The molecule has 3 aromatic carbocycles. The molecule has 0 atom stereocenters. The van der Waals surface area contributed by atoms with Gasteiger partial charge in [-0.15, -0.1) is 10.2 Å². The zero-order chi connectivity index (χ0) is 23.1. The van der Waals surface area contributed by atoms with Gasteiger partial charge in [0.05, 0.1) is 13.5 Å². The van der Waals surface area contributed by atoms with Crippen LogP contribution in [0.1, 0.15) is 39.0 Å². The number of esters is 1. The minimum Gasteiger partial charge on any atom is -0.464 e. The van der Waals surface area contributed by atoms with E-state index in [9.17, 15) is 14.0 Å². The molecule has 0 bridgehead atoms. The van der Waals surface area contributed by atoms with Gasteiger partial charge in [-0.1, -0.05) is 59.7 Å². The molecule has 3 aromatic rings. The second-order valence-corrected chi connectivity index (χ2v) is 7.33. The van der Waals surface area contributed by atoms with Crippen molar-refractivity contribution in [2.45, 2.75) is 20.3 Å². The van der Waals surface area contributed by atoms with Crippen molar-refractivity contribution >= 4 is 23.2 Å². The number of hydrogen-bond donors (Lipinski definition) is 0. The van der Waals surface area contributed by atoms with Crippen molar-refractivity contribution < 1.29 is 18.7 Å². The Hall–Kier alpha value is -3.93. The molecule has 0 N–H and O–H groups in total. The van der Waals surface area contributed by atoms with Gasteiger partial charge in [0.2, 0.25) is 0 Å². The summed E-state index contributed by atoms with van der Waals surface area (Å²) in [4.78, 5) is 24.9. The van der Waals surface area contributed by atoms with Gasteiger partial charge in [-0.25, -0.2) is 9.18 Å². The summed E-state index contributed by atoms with van der Waals surface area (Å²) < 4.78 is 17.9. The van der Waals surface area contributed by atoms with Crippen molar-refractivity contribution in [1.82, 2.24) is 0 Å². The zero-order valence-electron chi connectivity index (χ0n) is 18.1. The molecule has 0 unspecified atom stereocenters. The average Bonchev–Trinajstić information content (AvgIpc) is 2.80. The van der Waals surface area contributed by atoms with Crippen molar-refractivity contribution in [3.63, 3.8) is 0 Å². The molecule has 3 rings (SSSR count). The molecular weight excluding hydrogens is 407 g/mol. The van der Waals surface area contributed by atoms with Crippen LogP contribution in [0.2, 0.25) is 0 Å². The lowest BCUT2D eigenvalue weighted by Gasteiger charge is -2.08. The first kappa shape index (κ1) is 22.7. The van der Waals surface area contributed by atoms with Crippen LogP contribution in [0.5, 0.6) is 0 Å². The first-order valence-corrected chi connectivity index (χ1v) is 10.0. The second-order valence-electron chi connectivity index (χ2n) is 7.33. The fraction of sp³-hybridized carbons (Fsp3) is 0.154. The summed E-state index contributed by atoms with van der Waals surface area (Å²) in [6, 6.07) is 20.6. The van der Waals surface area contributed by atoms with Crippen LogP contribution in [0.15, 0.2) is 83.0 Å². The highest BCUT2D eigenvalue weighted by Gasteiger charge is 2.18. The topological polar surface area (TPSA) is 68.1 Å². The Labute approximate surface area is 186 Å². The molecule has 0 aliphatic carbocycles. The van der Waals surface area contributed by atoms with E-state index in [1.165, 1.54) is 31.4 Å². The van der Waals surface area contributed by atoms with E-state index in [4.69, 9.17) is 4.74 Å². The Morgan fingerprint density at radius 1 is 0.750 bits per heavy atom. The quantitative estimate of drug-likeness (QED) is 0.227. The van der Waals surface area contributed by atoms with Gasteiger partial charge < -0.3 is 4.74 Å². The molecule has 0 saturated carbocycles. The van der Waals surface area contributed by atoms with Gasteiger partial charge in [0, 0.05) is 16.7 Å². The molecule has 6 heteroatoms. The van der Waals surface area contributed by atoms with E-state index in [0.717, 1.165) is 22.3 Å². The third-order valence-corrected chi connectivity index (χ3v) is 4.84. The molecule has 0 spiro atoms. The van der Waals surface area contributed by atoms with Gasteiger partial charge in [-0.3, -0.25) is 4.79 Å². The third kappa shape index (κ3) is 5.82. The largest absolute Gasteiger partial charge is 0.464 e. The smallest absolute Gasteiger partial charge is 0.354 e. The number of benzene rings is 3. The molecule has 32 heavy (non-hydrogen) atoms. The normalized spacial score (nSPS) is 11.1. The molecule has 0 saturated heterocycles. The highest BCUT2D eigenvalue weighted by molar-refractivity contribution is 6.40. The fourth-order valence-electron chi connectivity index (χ4n) is 2.97. The van der Waals surface area contributed by atoms with Crippen molar-refractivity contribution in [3.05, 3.63) is 106 Å². The maximum absolute atomic E-state index is 13.2. The summed E-state index contributed by atoms with van der Waals surface area (Å²) in [5.41, 5.74) is 4.51. The average molecular weight is 430 g/mol. The molecular formula is C26H23FN2O3. The summed E-state index contributed by atoms with van der Waals surface area (Å²) in [7, 11) is 1.21. The Balaban J connectivity index is 2.01. The zero-order valence-corrected chi connectivity index (χ0v) is 18.1. The summed E-state index contributed by atoms with van der Waals surface area (Å²) in [6.45, 7) is 3.97. The van der Waals surface area contributed by atoms with Crippen molar-refractivity contribution in [2.75, 3.05) is 7.11 Å². The first-order chi connectivity index (χ1) is 15.4. The predicted octanol–water partition coefficient (Wildman–Crippen LogP) is 5.08. The number of methoxy groups -OCH3 is 1. The Morgan fingerprint density at radius 2 is 1.22 bits per heavy atom. The number of ketones is 1. The number of carbonyl (C=O) groups excluding carboxylic acids is 2. The monoisotopic (exact) mass is 430 g/mol. The van der Waals surface area contributed by atoms with Gasteiger partial charge >= 0.3 is 5.97 Å². The summed E-state index contributed by atoms with van der Waals surface area (Å²) in [6.07, 6.45) is -0.323. The van der Waals surface area contributed by atoms with Crippen LogP contribution in [0.4, 0.5) is 4.39 Å². The Morgan fingerprint density at radius 3 is 1.69 bits per heavy atom. The van der Waals surface area contributed by atoms with E-state index in [0.29, 0.717) is 5.71 Å². The van der Waals surface area contributed by atoms with E-state index < -0.39 is 17.6 Å². The number of rotatable bonds is 7. The fourth-order valence-corrected chi connectivity index (χ4v) is 2.97. The third-order valence-electron chi connectivity index (χ3n) is 4.84. The number of carbonyl (C=O) groups is 2. The minimum absolute atomic E-state index is 0.140.